The monoisotopic (exact) mass is 399 g/mol. The van der Waals surface area contributed by atoms with Crippen molar-refractivity contribution in [2.24, 2.45) is 0 Å². The minimum absolute atomic E-state index is 0.257. The number of oxazole rings is 1. The largest absolute Gasteiger partial charge is 0.477 e. The molecule has 1 saturated heterocycles. The van der Waals surface area contributed by atoms with Crippen LogP contribution in [0.5, 0.6) is 5.88 Å². The second kappa shape index (κ2) is 7.89. The molecule has 0 bridgehead atoms. The molecule has 9 heteroatoms. The van der Waals surface area contributed by atoms with Crippen LogP contribution in [0.25, 0.3) is 11.7 Å². The zero-order valence-corrected chi connectivity index (χ0v) is 15.8. The maximum absolute atomic E-state index is 11.6. The van der Waals surface area contributed by atoms with Gasteiger partial charge >= 0.3 is 0 Å². The molecule has 1 aliphatic rings. The molecule has 2 amide bonds. The van der Waals surface area contributed by atoms with Gasteiger partial charge in [0.2, 0.25) is 11.8 Å². The van der Waals surface area contributed by atoms with E-state index in [9.17, 15) is 9.59 Å². The zero-order chi connectivity index (χ0) is 19.5. The third-order valence-corrected chi connectivity index (χ3v) is 5.18. The van der Waals surface area contributed by atoms with Crippen molar-refractivity contribution in [3.8, 4) is 17.5 Å². The molecule has 1 atom stereocenters. The number of carbonyl (C=O) groups excluding carboxylic acids is 2. The van der Waals surface area contributed by atoms with Crippen molar-refractivity contribution in [1.29, 1.82) is 0 Å². The van der Waals surface area contributed by atoms with E-state index in [1.54, 1.807) is 30.7 Å². The number of hydrogen-bond acceptors (Lipinski definition) is 8. The maximum Gasteiger partial charge on any atom is 0.286 e. The molecule has 0 radical (unpaired) electrons. The number of furan rings is 1. The van der Waals surface area contributed by atoms with Crippen molar-refractivity contribution in [1.82, 2.24) is 15.3 Å². The topological polar surface area (TPSA) is 107 Å². The van der Waals surface area contributed by atoms with Crippen molar-refractivity contribution < 1.29 is 23.2 Å². The maximum atomic E-state index is 11.6. The molecule has 0 aromatic carbocycles. The first-order valence-corrected chi connectivity index (χ1v) is 9.56. The molecule has 3 aromatic rings. The Bertz CT molecular complexity index is 982. The highest BCUT2D eigenvalue weighted by Crippen LogP contribution is 2.24. The number of imide groups is 1. The lowest BCUT2D eigenvalue weighted by molar-refractivity contribution is -0.118. The van der Waals surface area contributed by atoms with Gasteiger partial charge in [0.15, 0.2) is 5.76 Å². The van der Waals surface area contributed by atoms with Crippen LogP contribution in [0, 0.1) is 6.92 Å². The van der Waals surface area contributed by atoms with Crippen LogP contribution in [-0.2, 0) is 17.6 Å². The van der Waals surface area contributed by atoms with Crippen molar-refractivity contribution in [2.45, 2.75) is 25.0 Å². The molecular weight excluding hydrogens is 382 g/mol. The molecule has 4 rings (SSSR count). The summed E-state index contributed by atoms with van der Waals surface area (Å²) in [6.45, 7) is 2.25. The van der Waals surface area contributed by atoms with Crippen LogP contribution in [0.1, 0.15) is 17.0 Å². The number of thioether (sulfide) groups is 1. The fourth-order valence-electron chi connectivity index (χ4n) is 2.78. The van der Waals surface area contributed by atoms with Gasteiger partial charge in [0.25, 0.3) is 11.1 Å². The minimum atomic E-state index is -0.403. The normalized spacial score (nSPS) is 16.4. The van der Waals surface area contributed by atoms with Gasteiger partial charge in [-0.25, -0.2) is 9.97 Å². The van der Waals surface area contributed by atoms with Crippen LogP contribution in [0.15, 0.2) is 45.6 Å². The summed E-state index contributed by atoms with van der Waals surface area (Å²) >= 11 is 1.01. The van der Waals surface area contributed by atoms with Gasteiger partial charge in [0.05, 0.1) is 23.8 Å². The van der Waals surface area contributed by atoms with E-state index in [0.717, 1.165) is 28.8 Å². The predicted molar refractivity (Wildman–Crippen MR) is 101 cm³/mol. The van der Waals surface area contributed by atoms with Gasteiger partial charge in [0, 0.05) is 18.7 Å². The number of carbonyl (C=O) groups is 2. The number of nitrogens with one attached hydrogen (secondary N) is 1. The first kappa shape index (κ1) is 18.3. The molecule has 8 nitrogen and oxygen atoms in total. The summed E-state index contributed by atoms with van der Waals surface area (Å²) < 4.78 is 16.6. The molecule has 0 saturated carbocycles. The van der Waals surface area contributed by atoms with Crippen LogP contribution in [0.3, 0.4) is 0 Å². The Labute approximate surface area is 164 Å². The average Bonchev–Trinajstić information content (AvgIpc) is 3.39. The number of aryl methyl sites for hydroxylation is 1. The van der Waals surface area contributed by atoms with Gasteiger partial charge in [-0.3, -0.25) is 14.9 Å². The first-order chi connectivity index (χ1) is 13.6. The Hall–Kier alpha value is -3.07. The molecule has 4 heterocycles. The van der Waals surface area contributed by atoms with E-state index in [0.29, 0.717) is 37.0 Å². The zero-order valence-electron chi connectivity index (χ0n) is 15.0. The van der Waals surface area contributed by atoms with Gasteiger partial charge in [-0.05, 0) is 31.0 Å². The quantitative estimate of drug-likeness (QED) is 0.646. The smallest absolute Gasteiger partial charge is 0.286 e. The molecule has 1 N–H and O–H groups in total. The summed E-state index contributed by atoms with van der Waals surface area (Å²) in [6, 6.07) is 7.16. The van der Waals surface area contributed by atoms with E-state index < -0.39 is 5.25 Å². The highest BCUT2D eigenvalue weighted by molar-refractivity contribution is 8.15. The molecular formula is C19H17N3O5S. The van der Waals surface area contributed by atoms with Gasteiger partial charge < -0.3 is 13.6 Å². The summed E-state index contributed by atoms with van der Waals surface area (Å²) in [7, 11) is 0. The van der Waals surface area contributed by atoms with E-state index in [2.05, 4.69) is 15.3 Å². The molecule has 1 aliphatic heterocycles. The lowest BCUT2D eigenvalue weighted by Gasteiger charge is -2.07. The third kappa shape index (κ3) is 4.09. The van der Waals surface area contributed by atoms with Crippen molar-refractivity contribution >= 4 is 22.9 Å². The lowest BCUT2D eigenvalue weighted by atomic mass is 10.1. The Morgan fingerprint density at radius 2 is 2.18 bits per heavy atom. The molecule has 0 spiro atoms. The second-order valence-corrected chi connectivity index (χ2v) is 7.37. The fourth-order valence-corrected chi connectivity index (χ4v) is 3.64. The molecule has 28 heavy (non-hydrogen) atoms. The van der Waals surface area contributed by atoms with Crippen LogP contribution in [-0.4, -0.2) is 33.0 Å². The van der Waals surface area contributed by atoms with Crippen LogP contribution >= 0.6 is 11.8 Å². The van der Waals surface area contributed by atoms with Crippen LogP contribution in [0.4, 0.5) is 4.79 Å². The van der Waals surface area contributed by atoms with Gasteiger partial charge in [-0.2, -0.15) is 0 Å². The van der Waals surface area contributed by atoms with Crippen LogP contribution in [0.2, 0.25) is 0 Å². The Kier molecular flexibility index (Phi) is 5.16. The Morgan fingerprint density at radius 3 is 2.86 bits per heavy atom. The highest BCUT2D eigenvalue weighted by Gasteiger charge is 2.31. The van der Waals surface area contributed by atoms with Crippen LogP contribution < -0.4 is 10.1 Å². The van der Waals surface area contributed by atoms with Crippen molar-refractivity contribution in [3.05, 3.63) is 53.7 Å². The van der Waals surface area contributed by atoms with E-state index >= 15 is 0 Å². The summed E-state index contributed by atoms with van der Waals surface area (Å²) in [5.41, 5.74) is 1.67. The van der Waals surface area contributed by atoms with E-state index in [1.807, 2.05) is 13.0 Å². The summed E-state index contributed by atoms with van der Waals surface area (Å²) in [5, 5.41) is 1.57. The Morgan fingerprint density at radius 1 is 1.29 bits per heavy atom. The standard InChI is InChI=1S/C19H17N3O5S/c1-11-13(21-18(27-11)14-3-2-7-25-14)6-8-26-16-5-4-12(10-20-16)9-15-17(23)22-19(24)28-15/h2-5,7,10,15H,6,8-9H2,1H3,(H,22,23,24). The molecule has 0 aliphatic carbocycles. The summed E-state index contributed by atoms with van der Waals surface area (Å²) in [5.74, 6) is 1.98. The van der Waals surface area contributed by atoms with E-state index in [-0.39, 0.29) is 11.1 Å². The Balaban J connectivity index is 1.30. The summed E-state index contributed by atoms with van der Waals surface area (Å²) in [4.78, 5) is 31.5. The molecule has 3 aromatic heterocycles. The number of rotatable bonds is 7. The first-order valence-electron chi connectivity index (χ1n) is 8.68. The van der Waals surface area contributed by atoms with E-state index in [1.165, 1.54) is 0 Å². The van der Waals surface area contributed by atoms with Gasteiger partial charge in [0.1, 0.15) is 5.76 Å². The SMILES string of the molecule is Cc1oc(-c2ccco2)nc1CCOc1ccc(CC2SC(=O)NC2=O)cn1. The number of nitrogens with zero attached hydrogens (tertiary/aromatic N) is 2. The highest BCUT2D eigenvalue weighted by atomic mass is 32.2. The van der Waals surface area contributed by atoms with Gasteiger partial charge in [-0.15, -0.1) is 0 Å². The number of pyridine rings is 1. The second-order valence-electron chi connectivity index (χ2n) is 6.19. The predicted octanol–water partition coefficient (Wildman–Crippen LogP) is 3.15. The average molecular weight is 399 g/mol. The molecule has 1 unspecified atom stereocenters. The van der Waals surface area contributed by atoms with Crippen molar-refractivity contribution in [3.63, 3.8) is 0 Å². The minimum Gasteiger partial charge on any atom is -0.477 e. The van der Waals surface area contributed by atoms with E-state index in [4.69, 9.17) is 13.6 Å². The molecule has 1 fully saturated rings. The summed E-state index contributed by atoms with van der Waals surface area (Å²) in [6.07, 6.45) is 4.24. The number of ether oxygens (including phenoxy) is 1. The fraction of sp³-hybridized carbons (Fsp3) is 0.263. The number of amides is 2. The third-order valence-electron chi connectivity index (χ3n) is 4.20. The van der Waals surface area contributed by atoms with Gasteiger partial charge in [-0.1, -0.05) is 17.8 Å². The van der Waals surface area contributed by atoms with Crippen molar-refractivity contribution in [2.75, 3.05) is 6.61 Å². The number of aromatic nitrogens is 2. The lowest BCUT2D eigenvalue weighted by Crippen LogP contribution is -2.25. The molecule has 144 valence electrons. The number of hydrogen-bond donors (Lipinski definition) is 1.